The third kappa shape index (κ3) is 2.88. The van der Waals surface area contributed by atoms with Crippen LogP contribution in [0.2, 0.25) is 5.15 Å². The van der Waals surface area contributed by atoms with Crippen LogP contribution in [0.4, 0.5) is 11.5 Å². The molecule has 2 rings (SSSR count). The van der Waals surface area contributed by atoms with E-state index < -0.39 is 0 Å². The summed E-state index contributed by atoms with van der Waals surface area (Å²) in [5.74, 6) is -0.164. The van der Waals surface area contributed by atoms with E-state index in [0.717, 1.165) is 0 Å². The molecule has 0 fully saturated rings. The second-order valence-corrected chi connectivity index (χ2v) is 3.57. The van der Waals surface area contributed by atoms with E-state index in [0.29, 0.717) is 11.3 Å². The number of anilines is 2. The predicted molar refractivity (Wildman–Crippen MR) is 63.6 cm³/mol. The number of nitrogens with two attached hydrogens (primary N) is 1. The molecule has 0 atom stereocenters. The van der Waals surface area contributed by atoms with Crippen molar-refractivity contribution in [3.63, 3.8) is 0 Å². The zero-order valence-electron chi connectivity index (χ0n) is 8.59. The number of aromatic nitrogens is 3. The normalized spacial score (nSPS) is 9.94. The number of nitrogen functional groups attached to an aromatic ring is 1. The lowest BCUT2D eigenvalue weighted by atomic mass is 10.2. The van der Waals surface area contributed by atoms with Gasteiger partial charge in [-0.1, -0.05) is 11.6 Å². The van der Waals surface area contributed by atoms with Gasteiger partial charge in [0.05, 0.1) is 18.1 Å². The maximum absolute atomic E-state index is 11.8. The van der Waals surface area contributed by atoms with Crippen molar-refractivity contribution in [3.05, 3.63) is 41.6 Å². The molecule has 17 heavy (non-hydrogen) atoms. The quantitative estimate of drug-likeness (QED) is 0.784. The van der Waals surface area contributed by atoms with Gasteiger partial charge in [0.15, 0.2) is 0 Å². The molecule has 6 nitrogen and oxygen atoms in total. The predicted octanol–water partition coefficient (Wildman–Crippen LogP) is 1.36. The van der Waals surface area contributed by atoms with E-state index in [1.165, 1.54) is 30.9 Å². The molecule has 7 heteroatoms. The van der Waals surface area contributed by atoms with Gasteiger partial charge in [0.2, 0.25) is 0 Å². The molecule has 2 heterocycles. The Labute approximate surface area is 102 Å². The molecular weight excluding hydrogens is 242 g/mol. The second kappa shape index (κ2) is 4.75. The van der Waals surface area contributed by atoms with Crippen molar-refractivity contribution in [1.82, 2.24) is 15.0 Å². The van der Waals surface area contributed by atoms with Crippen molar-refractivity contribution in [1.29, 1.82) is 0 Å². The summed E-state index contributed by atoms with van der Waals surface area (Å²) in [4.78, 5) is 23.1. The number of amides is 1. The number of nitrogens with one attached hydrogen (secondary N) is 1. The Balaban J connectivity index is 2.20. The van der Waals surface area contributed by atoms with E-state index in [2.05, 4.69) is 20.3 Å². The van der Waals surface area contributed by atoms with Gasteiger partial charge in [0.25, 0.3) is 5.91 Å². The second-order valence-electron chi connectivity index (χ2n) is 3.18. The molecule has 0 radical (unpaired) electrons. The fourth-order valence-electron chi connectivity index (χ4n) is 1.22. The molecule has 0 saturated heterocycles. The average Bonchev–Trinajstić information content (AvgIpc) is 2.29. The first-order chi connectivity index (χ1) is 8.15. The minimum Gasteiger partial charge on any atom is -0.384 e. The van der Waals surface area contributed by atoms with Gasteiger partial charge in [0, 0.05) is 5.56 Å². The SMILES string of the molecule is Nc1cc(C(=O)Nc2cncnc2)cc(Cl)n1. The molecule has 2 aromatic heterocycles. The Kier molecular flexibility index (Phi) is 3.15. The Hall–Kier alpha value is -2.21. The van der Waals surface area contributed by atoms with E-state index in [4.69, 9.17) is 17.3 Å². The maximum atomic E-state index is 11.8. The van der Waals surface area contributed by atoms with Crippen LogP contribution in [0.1, 0.15) is 10.4 Å². The van der Waals surface area contributed by atoms with Crippen molar-refractivity contribution in [2.45, 2.75) is 0 Å². The monoisotopic (exact) mass is 249 g/mol. The fraction of sp³-hybridized carbons (Fsp3) is 0. The Morgan fingerprint density at radius 3 is 2.65 bits per heavy atom. The number of hydrogen-bond acceptors (Lipinski definition) is 5. The van der Waals surface area contributed by atoms with Crippen LogP contribution in [0.15, 0.2) is 30.9 Å². The van der Waals surface area contributed by atoms with Crippen LogP contribution in [0.25, 0.3) is 0 Å². The molecular formula is C10H8ClN5O. The number of carbonyl (C=O) groups excluding carboxylic acids is 1. The van der Waals surface area contributed by atoms with Gasteiger partial charge in [-0.3, -0.25) is 4.79 Å². The minimum absolute atomic E-state index is 0.166. The summed E-state index contributed by atoms with van der Waals surface area (Å²) >= 11 is 5.70. The van der Waals surface area contributed by atoms with Gasteiger partial charge >= 0.3 is 0 Å². The first kappa shape index (κ1) is 11.3. The number of carbonyl (C=O) groups is 1. The fourth-order valence-corrected chi connectivity index (χ4v) is 1.43. The first-order valence-electron chi connectivity index (χ1n) is 4.64. The van der Waals surface area contributed by atoms with Crippen molar-refractivity contribution >= 4 is 29.0 Å². The number of pyridine rings is 1. The molecule has 1 amide bonds. The van der Waals surface area contributed by atoms with Crippen LogP contribution >= 0.6 is 11.6 Å². The Morgan fingerprint density at radius 1 is 1.29 bits per heavy atom. The van der Waals surface area contributed by atoms with Gasteiger partial charge in [-0.15, -0.1) is 0 Å². The molecule has 86 valence electrons. The van der Waals surface area contributed by atoms with E-state index in [9.17, 15) is 4.79 Å². The van der Waals surface area contributed by atoms with Gasteiger partial charge < -0.3 is 11.1 Å². The van der Waals surface area contributed by atoms with Crippen LogP contribution in [0.5, 0.6) is 0 Å². The van der Waals surface area contributed by atoms with E-state index in [1.54, 1.807) is 0 Å². The topological polar surface area (TPSA) is 93.8 Å². The zero-order valence-corrected chi connectivity index (χ0v) is 9.35. The molecule has 0 bridgehead atoms. The van der Waals surface area contributed by atoms with Crippen LogP contribution in [0, 0.1) is 0 Å². The Morgan fingerprint density at radius 2 is 2.00 bits per heavy atom. The lowest BCUT2D eigenvalue weighted by Gasteiger charge is -2.04. The minimum atomic E-state index is -0.351. The highest BCUT2D eigenvalue weighted by molar-refractivity contribution is 6.30. The molecule has 0 aliphatic carbocycles. The largest absolute Gasteiger partial charge is 0.384 e. The van der Waals surface area contributed by atoms with Crippen molar-refractivity contribution in [3.8, 4) is 0 Å². The Bertz CT molecular complexity index is 525. The van der Waals surface area contributed by atoms with Crippen molar-refractivity contribution in [2.24, 2.45) is 0 Å². The third-order valence-corrected chi connectivity index (χ3v) is 2.09. The van der Waals surface area contributed by atoms with Gasteiger partial charge in [-0.05, 0) is 12.1 Å². The summed E-state index contributed by atoms with van der Waals surface area (Å²) in [6.45, 7) is 0. The summed E-state index contributed by atoms with van der Waals surface area (Å²) in [5, 5.41) is 2.77. The van der Waals surface area contributed by atoms with Crippen molar-refractivity contribution in [2.75, 3.05) is 11.1 Å². The first-order valence-corrected chi connectivity index (χ1v) is 5.02. The maximum Gasteiger partial charge on any atom is 0.255 e. The molecule has 0 saturated carbocycles. The smallest absolute Gasteiger partial charge is 0.255 e. The lowest BCUT2D eigenvalue weighted by molar-refractivity contribution is 0.102. The van der Waals surface area contributed by atoms with Crippen LogP contribution in [0.3, 0.4) is 0 Å². The van der Waals surface area contributed by atoms with Gasteiger partial charge in [-0.25, -0.2) is 15.0 Å². The summed E-state index contributed by atoms with van der Waals surface area (Å²) in [5.41, 5.74) is 6.31. The van der Waals surface area contributed by atoms with E-state index in [-0.39, 0.29) is 16.9 Å². The summed E-state index contributed by atoms with van der Waals surface area (Å²) in [7, 11) is 0. The van der Waals surface area contributed by atoms with Crippen LogP contribution in [-0.2, 0) is 0 Å². The molecule has 3 N–H and O–H groups in total. The average molecular weight is 250 g/mol. The standard InChI is InChI=1S/C10H8ClN5O/c11-8-1-6(2-9(12)16-8)10(17)15-7-3-13-5-14-4-7/h1-5H,(H2,12,16)(H,15,17). The molecule has 0 unspecified atom stereocenters. The number of nitrogens with zero attached hydrogens (tertiary/aromatic N) is 3. The van der Waals surface area contributed by atoms with Crippen molar-refractivity contribution < 1.29 is 4.79 Å². The van der Waals surface area contributed by atoms with Crippen LogP contribution < -0.4 is 11.1 Å². The number of hydrogen-bond donors (Lipinski definition) is 2. The van der Waals surface area contributed by atoms with Crippen LogP contribution in [-0.4, -0.2) is 20.9 Å². The number of halogens is 1. The summed E-state index contributed by atoms with van der Waals surface area (Å²) < 4.78 is 0. The third-order valence-electron chi connectivity index (χ3n) is 1.89. The molecule has 0 aliphatic heterocycles. The molecule has 0 aromatic carbocycles. The summed E-state index contributed by atoms with van der Waals surface area (Å²) in [6.07, 6.45) is 4.34. The highest BCUT2D eigenvalue weighted by Gasteiger charge is 2.08. The van der Waals surface area contributed by atoms with Gasteiger partial charge in [0.1, 0.15) is 17.3 Å². The highest BCUT2D eigenvalue weighted by Crippen LogP contribution is 2.13. The summed E-state index contributed by atoms with van der Waals surface area (Å²) in [6, 6.07) is 2.86. The zero-order chi connectivity index (χ0) is 12.3. The molecule has 0 spiro atoms. The van der Waals surface area contributed by atoms with Gasteiger partial charge in [-0.2, -0.15) is 0 Å². The van der Waals surface area contributed by atoms with E-state index >= 15 is 0 Å². The molecule has 0 aliphatic rings. The molecule has 2 aromatic rings. The number of rotatable bonds is 2. The highest BCUT2D eigenvalue weighted by atomic mass is 35.5. The van der Waals surface area contributed by atoms with E-state index in [1.807, 2.05) is 0 Å². The lowest BCUT2D eigenvalue weighted by Crippen LogP contribution is -2.13.